The van der Waals surface area contributed by atoms with Gasteiger partial charge in [-0.3, -0.25) is 9.48 Å². The highest BCUT2D eigenvalue weighted by atomic mass is 35.5. The molecule has 0 aliphatic rings. The summed E-state index contributed by atoms with van der Waals surface area (Å²) in [6, 6.07) is 0. The van der Waals surface area contributed by atoms with E-state index in [0.717, 1.165) is 11.3 Å². The van der Waals surface area contributed by atoms with Crippen LogP contribution in [0.4, 0.5) is 0 Å². The number of aryl methyl sites for hydroxylation is 2. The van der Waals surface area contributed by atoms with Crippen LogP contribution in [0.15, 0.2) is 0 Å². The number of halogens is 1. The van der Waals surface area contributed by atoms with E-state index in [4.69, 9.17) is 16.7 Å². The zero-order chi connectivity index (χ0) is 10.0. The highest BCUT2D eigenvalue weighted by Gasteiger charge is 2.11. The molecule has 1 aromatic rings. The molecule has 72 valence electrons. The number of carbonyl (C=O) groups is 1. The number of aromatic nitrogens is 2. The van der Waals surface area contributed by atoms with Crippen LogP contribution in [0.3, 0.4) is 0 Å². The summed E-state index contributed by atoms with van der Waals surface area (Å²) < 4.78 is 1.55. The molecule has 0 aliphatic heterocycles. The highest BCUT2D eigenvalue weighted by Crippen LogP contribution is 2.19. The number of carboxylic acid groups (broad SMARTS) is 1. The molecule has 0 saturated carbocycles. The molecule has 5 heteroatoms. The molecule has 0 radical (unpaired) electrons. The van der Waals surface area contributed by atoms with Gasteiger partial charge in [-0.25, -0.2) is 0 Å². The minimum Gasteiger partial charge on any atom is -0.481 e. The molecule has 1 heterocycles. The molecule has 0 spiro atoms. The van der Waals surface area contributed by atoms with E-state index in [9.17, 15) is 4.79 Å². The molecular formula is C8H11ClN2O2. The first-order chi connectivity index (χ1) is 6.02. The van der Waals surface area contributed by atoms with Crippen molar-refractivity contribution in [1.82, 2.24) is 9.78 Å². The van der Waals surface area contributed by atoms with Crippen LogP contribution in [0.25, 0.3) is 0 Å². The van der Waals surface area contributed by atoms with Crippen molar-refractivity contribution in [3.8, 4) is 0 Å². The Labute approximate surface area is 81.1 Å². The van der Waals surface area contributed by atoms with Gasteiger partial charge in [0.05, 0.1) is 5.69 Å². The lowest BCUT2D eigenvalue weighted by Gasteiger charge is -1.96. The molecule has 0 aliphatic carbocycles. The topological polar surface area (TPSA) is 55.1 Å². The number of aliphatic carboxylic acids is 1. The van der Waals surface area contributed by atoms with Crippen molar-refractivity contribution >= 4 is 17.6 Å². The van der Waals surface area contributed by atoms with Gasteiger partial charge in [0.2, 0.25) is 0 Å². The lowest BCUT2D eigenvalue weighted by atomic mass is 10.1. The molecule has 0 fully saturated rings. The van der Waals surface area contributed by atoms with Crippen molar-refractivity contribution in [1.29, 1.82) is 0 Å². The first-order valence-electron chi connectivity index (χ1n) is 3.92. The van der Waals surface area contributed by atoms with E-state index in [1.165, 1.54) is 0 Å². The summed E-state index contributed by atoms with van der Waals surface area (Å²) in [4.78, 5) is 10.3. The van der Waals surface area contributed by atoms with Gasteiger partial charge in [-0.15, -0.1) is 0 Å². The van der Waals surface area contributed by atoms with Crippen molar-refractivity contribution in [2.45, 2.75) is 19.8 Å². The average molecular weight is 203 g/mol. The minimum atomic E-state index is -0.820. The zero-order valence-electron chi connectivity index (χ0n) is 7.54. The maximum absolute atomic E-state index is 10.3. The smallest absolute Gasteiger partial charge is 0.303 e. The Bertz CT molecular complexity index is 333. The van der Waals surface area contributed by atoms with Crippen LogP contribution in [0.1, 0.15) is 17.7 Å². The lowest BCUT2D eigenvalue weighted by Crippen LogP contribution is -1.98. The molecule has 0 saturated heterocycles. The van der Waals surface area contributed by atoms with Gasteiger partial charge in [-0.05, 0) is 13.3 Å². The second-order valence-electron chi connectivity index (χ2n) is 2.87. The minimum absolute atomic E-state index is 0.0895. The van der Waals surface area contributed by atoms with Crippen LogP contribution in [0.2, 0.25) is 5.15 Å². The molecule has 1 aromatic heterocycles. The fourth-order valence-electron chi connectivity index (χ4n) is 1.19. The zero-order valence-corrected chi connectivity index (χ0v) is 8.30. The van der Waals surface area contributed by atoms with E-state index >= 15 is 0 Å². The van der Waals surface area contributed by atoms with Gasteiger partial charge in [-0.2, -0.15) is 5.10 Å². The Hall–Kier alpha value is -1.03. The van der Waals surface area contributed by atoms with Crippen LogP contribution < -0.4 is 0 Å². The van der Waals surface area contributed by atoms with Gasteiger partial charge in [0.1, 0.15) is 5.15 Å². The lowest BCUT2D eigenvalue weighted by molar-refractivity contribution is -0.136. The molecular weight excluding hydrogens is 192 g/mol. The number of nitrogens with zero attached hydrogens (tertiary/aromatic N) is 2. The molecule has 0 atom stereocenters. The summed E-state index contributed by atoms with van der Waals surface area (Å²) in [5.41, 5.74) is 1.63. The van der Waals surface area contributed by atoms with Crippen molar-refractivity contribution in [3.63, 3.8) is 0 Å². The van der Waals surface area contributed by atoms with Crippen molar-refractivity contribution < 1.29 is 9.90 Å². The number of carboxylic acids is 1. The van der Waals surface area contributed by atoms with Gasteiger partial charge in [0.15, 0.2) is 0 Å². The third kappa shape index (κ3) is 2.21. The van der Waals surface area contributed by atoms with Gasteiger partial charge in [0.25, 0.3) is 0 Å². The van der Waals surface area contributed by atoms with Gasteiger partial charge < -0.3 is 5.11 Å². The quantitative estimate of drug-likeness (QED) is 0.806. The largest absolute Gasteiger partial charge is 0.481 e. The predicted molar refractivity (Wildman–Crippen MR) is 48.9 cm³/mol. The van der Waals surface area contributed by atoms with Gasteiger partial charge in [0, 0.05) is 19.0 Å². The third-order valence-corrected chi connectivity index (χ3v) is 2.33. The monoisotopic (exact) mass is 202 g/mol. The van der Waals surface area contributed by atoms with E-state index < -0.39 is 5.97 Å². The van der Waals surface area contributed by atoms with Gasteiger partial charge in [-0.1, -0.05) is 11.6 Å². The summed E-state index contributed by atoms with van der Waals surface area (Å²) in [5.74, 6) is -0.820. The second kappa shape index (κ2) is 3.79. The van der Waals surface area contributed by atoms with E-state index in [0.29, 0.717) is 11.6 Å². The first kappa shape index (κ1) is 10.1. The molecule has 0 unspecified atom stereocenters. The van der Waals surface area contributed by atoms with Crippen LogP contribution in [0.5, 0.6) is 0 Å². The van der Waals surface area contributed by atoms with E-state index in [-0.39, 0.29) is 6.42 Å². The fraction of sp³-hybridized carbons (Fsp3) is 0.500. The molecule has 0 bridgehead atoms. The van der Waals surface area contributed by atoms with Crippen LogP contribution in [-0.2, 0) is 18.3 Å². The average Bonchev–Trinajstić information content (AvgIpc) is 2.24. The van der Waals surface area contributed by atoms with E-state index in [1.54, 1.807) is 11.7 Å². The number of hydrogen-bond donors (Lipinski definition) is 1. The Kier molecular flexibility index (Phi) is 2.93. The summed E-state index contributed by atoms with van der Waals surface area (Å²) >= 11 is 5.91. The summed E-state index contributed by atoms with van der Waals surface area (Å²) in [6.45, 7) is 1.82. The molecule has 1 N–H and O–H groups in total. The third-order valence-electron chi connectivity index (χ3n) is 1.86. The molecule has 0 amide bonds. The number of hydrogen-bond acceptors (Lipinski definition) is 2. The maximum Gasteiger partial charge on any atom is 0.303 e. The maximum atomic E-state index is 10.3. The Balaban J connectivity index is 2.81. The summed E-state index contributed by atoms with van der Waals surface area (Å²) in [7, 11) is 1.74. The van der Waals surface area contributed by atoms with Crippen LogP contribution >= 0.6 is 11.6 Å². The summed E-state index contributed by atoms with van der Waals surface area (Å²) in [6.07, 6.45) is 0.528. The molecule has 13 heavy (non-hydrogen) atoms. The van der Waals surface area contributed by atoms with Crippen molar-refractivity contribution in [3.05, 3.63) is 16.4 Å². The van der Waals surface area contributed by atoms with E-state index in [1.807, 2.05) is 6.92 Å². The fourth-order valence-corrected chi connectivity index (χ4v) is 1.46. The Morgan fingerprint density at radius 2 is 2.31 bits per heavy atom. The van der Waals surface area contributed by atoms with Gasteiger partial charge >= 0.3 is 5.97 Å². The van der Waals surface area contributed by atoms with E-state index in [2.05, 4.69) is 5.10 Å². The van der Waals surface area contributed by atoms with Crippen LogP contribution in [0, 0.1) is 6.92 Å². The SMILES string of the molecule is Cc1nn(C)c(Cl)c1CCC(=O)O. The second-order valence-corrected chi connectivity index (χ2v) is 3.23. The highest BCUT2D eigenvalue weighted by molar-refractivity contribution is 6.30. The first-order valence-corrected chi connectivity index (χ1v) is 4.30. The normalized spacial score (nSPS) is 10.4. The molecule has 1 rings (SSSR count). The molecule has 4 nitrogen and oxygen atoms in total. The van der Waals surface area contributed by atoms with Crippen molar-refractivity contribution in [2.75, 3.05) is 0 Å². The Morgan fingerprint density at radius 1 is 1.69 bits per heavy atom. The van der Waals surface area contributed by atoms with Crippen molar-refractivity contribution in [2.24, 2.45) is 7.05 Å². The predicted octanol–water partition coefficient (Wildman–Crippen LogP) is 1.40. The van der Waals surface area contributed by atoms with Crippen LogP contribution in [-0.4, -0.2) is 20.9 Å². The standard InChI is InChI=1S/C8H11ClN2O2/c1-5-6(3-4-7(12)13)8(9)11(2)10-5/h3-4H2,1-2H3,(H,12,13). The summed E-state index contributed by atoms with van der Waals surface area (Å²) in [5, 5.41) is 13.1. The Morgan fingerprint density at radius 3 is 2.69 bits per heavy atom. The number of rotatable bonds is 3. The molecule has 0 aromatic carbocycles.